The zero-order valence-corrected chi connectivity index (χ0v) is 7.82. The van der Waals surface area contributed by atoms with Crippen molar-refractivity contribution in [3.63, 3.8) is 0 Å². The van der Waals surface area contributed by atoms with Crippen LogP contribution in [-0.2, 0) is 4.79 Å². The van der Waals surface area contributed by atoms with E-state index in [1.165, 1.54) is 0 Å². The smallest absolute Gasteiger partial charge is 0.143 e. The van der Waals surface area contributed by atoms with E-state index in [1.807, 2.05) is 12.1 Å². The van der Waals surface area contributed by atoms with E-state index < -0.39 is 0 Å². The Morgan fingerprint density at radius 2 is 2.46 bits per heavy atom. The third-order valence-electron chi connectivity index (χ3n) is 1.91. The Morgan fingerprint density at radius 1 is 1.62 bits per heavy atom. The number of rotatable bonds is 5. The summed E-state index contributed by atoms with van der Waals surface area (Å²) >= 11 is 0. The van der Waals surface area contributed by atoms with Gasteiger partial charge in [-0.05, 0) is 36.6 Å². The number of hydrogen-bond donors (Lipinski definition) is 0. The van der Waals surface area contributed by atoms with E-state index in [4.69, 9.17) is 4.42 Å². The summed E-state index contributed by atoms with van der Waals surface area (Å²) in [5.74, 6) is 0.806. The summed E-state index contributed by atoms with van der Waals surface area (Å²) in [6.07, 6.45) is 7.13. The Morgan fingerprint density at radius 3 is 3.00 bits per heavy atom. The second-order valence-corrected chi connectivity index (χ2v) is 2.91. The third-order valence-corrected chi connectivity index (χ3v) is 1.91. The molecule has 1 aromatic heterocycles. The van der Waals surface area contributed by atoms with Crippen molar-refractivity contribution < 1.29 is 9.21 Å². The molecule has 0 bridgehead atoms. The first-order chi connectivity index (χ1) is 6.38. The highest BCUT2D eigenvalue weighted by Gasteiger charge is 2.02. The minimum atomic E-state index is 0.806. The Kier molecular flexibility index (Phi) is 4.03. The molecule has 0 amide bonds. The molecule has 0 spiro atoms. The van der Waals surface area contributed by atoms with Crippen LogP contribution in [-0.4, -0.2) is 6.29 Å². The Balaban J connectivity index is 2.69. The summed E-state index contributed by atoms with van der Waals surface area (Å²) in [6, 6.07) is 3.71. The number of unbranched alkanes of at least 4 members (excludes halogenated alkanes) is 1. The van der Waals surface area contributed by atoms with Gasteiger partial charge in [-0.25, -0.2) is 0 Å². The predicted octanol–water partition coefficient (Wildman–Crippen LogP) is 3.05. The van der Waals surface area contributed by atoms with Crippen LogP contribution in [0.15, 0.2) is 28.9 Å². The van der Waals surface area contributed by atoms with Crippen molar-refractivity contribution in [2.24, 2.45) is 0 Å². The highest BCUT2D eigenvalue weighted by molar-refractivity contribution is 5.79. The SMILES string of the molecule is CCCC/C(=C\C=O)c1ccco1. The Bertz CT molecular complexity index is 270. The number of allylic oxidation sites excluding steroid dienone is 2. The second kappa shape index (κ2) is 5.36. The van der Waals surface area contributed by atoms with Gasteiger partial charge < -0.3 is 4.42 Å². The van der Waals surface area contributed by atoms with Crippen LogP contribution in [0.1, 0.15) is 31.9 Å². The molecule has 2 heteroatoms. The fourth-order valence-corrected chi connectivity index (χ4v) is 1.20. The van der Waals surface area contributed by atoms with Crippen molar-refractivity contribution in [2.75, 3.05) is 0 Å². The summed E-state index contributed by atoms with van der Waals surface area (Å²) < 4.78 is 5.22. The molecule has 0 unspecified atom stereocenters. The van der Waals surface area contributed by atoms with Gasteiger partial charge in [-0.1, -0.05) is 13.3 Å². The van der Waals surface area contributed by atoms with Gasteiger partial charge >= 0.3 is 0 Å². The third kappa shape index (κ3) is 2.90. The van der Waals surface area contributed by atoms with Crippen LogP contribution in [0.5, 0.6) is 0 Å². The lowest BCUT2D eigenvalue weighted by Crippen LogP contribution is -1.83. The van der Waals surface area contributed by atoms with Crippen molar-refractivity contribution in [3.8, 4) is 0 Å². The molecule has 1 heterocycles. The van der Waals surface area contributed by atoms with Crippen molar-refractivity contribution in [1.82, 2.24) is 0 Å². The van der Waals surface area contributed by atoms with Crippen molar-refractivity contribution in [3.05, 3.63) is 30.2 Å². The first-order valence-electron chi connectivity index (χ1n) is 4.56. The maximum atomic E-state index is 10.4. The average molecular weight is 178 g/mol. The number of carbonyl (C=O) groups is 1. The van der Waals surface area contributed by atoms with Crippen LogP contribution in [0.2, 0.25) is 0 Å². The van der Waals surface area contributed by atoms with Crippen molar-refractivity contribution in [2.45, 2.75) is 26.2 Å². The van der Waals surface area contributed by atoms with E-state index in [2.05, 4.69) is 6.92 Å². The molecule has 70 valence electrons. The molecule has 0 aliphatic heterocycles. The lowest BCUT2D eigenvalue weighted by molar-refractivity contribution is -0.104. The molecule has 0 N–H and O–H groups in total. The van der Waals surface area contributed by atoms with Crippen LogP contribution in [0.3, 0.4) is 0 Å². The van der Waals surface area contributed by atoms with Gasteiger partial charge in [0.15, 0.2) is 0 Å². The summed E-state index contributed by atoms with van der Waals surface area (Å²) in [5.41, 5.74) is 0.988. The monoisotopic (exact) mass is 178 g/mol. The van der Waals surface area contributed by atoms with Crippen molar-refractivity contribution in [1.29, 1.82) is 0 Å². The topological polar surface area (TPSA) is 30.2 Å². The highest BCUT2D eigenvalue weighted by atomic mass is 16.3. The maximum Gasteiger partial charge on any atom is 0.143 e. The van der Waals surface area contributed by atoms with E-state index in [9.17, 15) is 4.79 Å². The molecule has 0 saturated heterocycles. The zero-order chi connectivity index (χ0) is 9.52. The van der Waals surface area contributed by atoms with Gasteiger partial charge in [-0.15, -0.1) is 0 Å². The fraction of sp³-hybridized carbons (Fsp3) is 0.364. The van der Waals surface area contributed by atoms with E-state index in [1.54, 1.807) is 12.3 Å². The number of hydrogen-bond acceptors (Lipinski definition) is 2. The molecule has 0 saturated carbocycles. The molecule has 0 aromatic carbocycles. The average Bonchev–Trinajstić information content (AvgIpc) is 2.65. The van der Waals surface area contributed by atoms with Crippen LogP contribution in [0, 0.1) is 0 Å². The highest BCUT2D eigenvalue weighted by Crippen LogP contribution is 2.20. The normalized spacial score (nSPS) is 11.6. The molecule has 1 rings (SSSR count). The molecule has 0 aliphatic rings. The van der Waals surface area contributed by atoms with E-state index >= 15 is 0 Å². The van der Waals surface area contributed by atoms with E-state index in [0.717, 1.165) is 36.9 Å². The van der Waals surface area contributed by atoms with E-state index in [-0.39, 0.29) is 0 Å². The van der Waals surface area contributed by atoms with Gasteiger partial charge in [0.1, 0.15) is 12.0 Å². The van der Waals surface area contributed by atoms with Gasteiger partial charge in [0.2, 0.25) is 0 Å². The summed E-state index contributed by atoms with van der Waals surface area (Å²) in [7, 11) is 0. The zero-order valence-electron chi connectivity index (χ0n) is 7.82. The lowest BCUT2D eigenvalue weighted by Gasteiger charge is -2.00. The van der Waals surface area contributed by atoms with Gasteiger partial charge in [-0.3, -0.25) is 4.79 Å². The second-order valence-electron chi connectivity index (χ2n) is 2.91. The van der Waals surface area contributed by atoms with Gasteiger partial charge in [0, 0.05) is 0 Å². The summed E-state index contributed by atoms with van der Waals surface area (Å²) in [6.45, 7) is 2.13. The molecule has 0 aliphatic carbocycles. The van der Waals surface area contributed by atoms with Crippen molar-refractivity contribution >= 4 is 11.9 Å². The first-order valence-corrected chi connectivity index (χ1v) is 4.56. The summed E-state index contributed by atoms with van der Waals surface area (Å²) in [4.78, 5) is 10.4. The predicted molar refractivity (Wildman–Crippen MR) is 52.3 cm³/mol. The van der Waals surface area contributed by atoms with E-state index in [0.29, 0.717) is 0 Å². The minimum absolute atomic E-state index is 0.806. The van der Waals surface area contributed by atoms with Gasteiger partial charge in [0.25, 0.3) is 0 Å². The number of carbonyl (C=O) groups excluding carboxylic acids is 1. The molecule has 1 aromatic rings. The van der Waals surface area contributed by atoms with Gasteiger partial charge in [-0.2, -0.15) is 0 Å². The number of furan rings is 1. The largest absolute Gasteiger partial charge is 0.465 e. The molecular weight excluding hydrogens is 164 g/mol. The molecule has 0 atom stereocenters. The van der Waals surface area contributed by atoms with Crippen LogP contribution < -0.4 is 0 Å². The quantitative estimate of drug-likeness (QED) is 0.512. The lowest BCUT2D eigenvalue weighted by atomic mass is 10.1. The maximum absolute atomic E-state index is 10.4. The molecular formula is C11H14O2. The molecule has 0 radical (unpaired) electrons. The van der Waals surface area contributed by atoms with Gasteiger partial charge in [0.05, 0.1) is 6.26 Å². The Hall–Kier alpha value is -1.31. The standard InChI is InChI=1S/C11H14O2/c1-2-3-5-10(7-8-12)11-6-4-9-13-11/h4,6-9H,2-3,5H2,1H3/b10-7+. The van der Waals surface area contributed by atoms with Crippen LogP contribution >= 0.6 is 0 Å². The molecule has 0 fully saturated rings. The molecule has 2 nitrogen and oxygen atoms in total. The minimum Gasteiger partial charge on any atom is -0.465 e. The first kappa shape index (κ1) is 9.78. The Labute approximate surface area is 78.3 Å². The fourth-order valence-electron chi connectivity index (χ4n) is 1.20. The summed E-state index contributed by atoms with van der Waals surface area (Å²) in [5, 5.41) is 0. The molecule has 13 heavy (non-hydrogen) atoms. The van der Waals surface area contributed by atoms with Crippen LogP contribution in [0.25, 0.3) is 5.57 Å². The number of aldehydes is 1. The van der Waals surface area contributed by atoms with Crippen LogP contribution in [0.4, 0.5) is 0 Å².